The zero-order valence-corrected chi connectivity index (χ0v) is 15.8. The van der Waals surface area contributed by atoms with Gasteiger partial charge in [-0.05, 0) is 25.0 Å². The molecule has 2 rings (SSSR count). The summed E-state index contributed by atoms with van der Waals surface area (Å²) < 4.78 is 27.1. The Hall–Kier alpha value is -1.75. The molecule has 146 valence electrons. The molecule has 1 heterocycles. The molecular weight excluding hydrogens is 384 g/mol. The smallest absolute Gasteiger partial charge is 0.269 e. The third kappa shape index (κ3) is 5.37. The van der Waals surface area contributed by atoms with Crippen LogP contribution in [0.5, 0.6) is 0 Å². The Morgan fingerprint density at radius 3 is 2.54 bits per heavy atom. The van der Waals surface area contributed by atoms with Crippen molar-refractivity contribution in [2.24, 2.45) is 5.73 Å². The maximum Gasteiger partial charge on any atom is 0.269 e. The summed E-state index contributed by atoms with van der Waals surface area (Å²) in [6.07, 6.45) is 2.46. The average Bonchev–Trinajstić information content (AvgIpc) is 2.60. The van der Waals surface area contributed by atoms with E-state index < -0.39 is 14.9 Å². The summed E-state index contributed by atoms with van der Waals surface area (Å²) in [4.78, 5) is 21.7. The maximum atomic E-state index is 12.9. The lowest BCUT2D eigenvalue weighted by atomic mass is 10.1. The predicted octanol–water partition coefficient (Wildman–Crippen LogP) is 1.02. The molecule has 26 heavy (non-hydrogen) atoms. The van der Waals surface area contributed by atoms with E-state index in [0.29, 0.717) is 13.0 Å². The summed E-state index contributed by atoms with van der Waals surface area (Å²) in [7, 11) is -3.78. The van der Waals surface area contributed by atoms with Gasteiger partial charge in [0.1, 0.15) is 0 Å². The standard InChI is InChI=1S/C15H22N4O5S.ClH/c16-9-8-15(20)17-11-13-3-1-2-10-18(13)25(23,24)14-6-4-12(5-7-14)19(21)22;/h4-7,13H,1-3,8-11,16H2,(H,17,20);1H. The van der Waals surface area contributed by atoms with Gasteiger partial charge in [0.15, 0.2) is 0 Å². The number of benzene rings is 1. The van der Waals surface area contributed by atoms with Crippen molar-refractivity contribution in [2.45, 2.75) is 36.6 Å². The van der Waals surface area contributed by atoms with Gasteiger partial charge in [-0.15, -0.1) is 12.4 Å². The summed E-state index contributed by atoms with van der Waals surface area (Å²) in [5.74, 6) is -0.208. The molecule has 0 radical (unpaired) electrons. The molecule has 0 aromatic heterocycles. The van der Waals surface area contributed by atoms with Crippen molar-refractivity contribution in [3.8, 4) is 0 Å². The first-order valence-electron chi connectivity index (χ1n) is 8.09. The number of rotatable bonds is 7. The van der Waals surface area contributed by atoms with Gasteiger partial charge in [0.25, 0.3) is 5.69 Å². The molecular formula is C15H23ClN4O5S. The van der Waals surface area contributed by atoms with Crippen molar-refractivity contribution in [2.75, 3.05) is 19.6 Å². The van der Waals surface area contributed by atoms with Gasteiger partial charge >= 0.3 is 0 Å². The molecule has 0 aliphatic carbocycles. The lowest BCUT2D eigenvalue weighted by molar-refractivity contribution is -0.384. The van der Waals surface area contributed by atoms with Gasteiger partial charge < -0.3 is 11.1 Å². The number of carbonyl (C=O) groups excluding carboxylic acids is 1. The minimum Gasteiger partial charge on any atom is -0.354 e. The number of nitrogens with zero attached hydrogens (tertiary/aromatic N) is 2. The number of amides is 1. The van der Waals surface area contributed by atoms with E-state index >= 15 is 0 Å². The average molecular weight is 407 g/mol. The summed E-state index contributed by atoms with van der Waals surface area (Å²) in [5, 5.41) is 13.4. The molecule has 1 unspecified atom stereocenters. The van der Waals surface area contributed by atoms with Crippen LogP contribution in [0.15, 0.2) is 29.2 Å². The monoisotopic (exact) mass is 406 g/mol. The topological polar surface area (TPSA) is 136 Å². The van der Waals surface area contributed by atoms with Crippen molar-refractivity contribution < 1.29 is 18.1 Å². The molecule has 1 aliphatic rings. The van der Waals surface area contributed by atoms with Crippen LogP contribution >= 0.6 is 12.4 Å². The van der Waals surface area contributed by atoms with Gasteiger partial charge in [-0.25, -0.2) is 8.42 Å². The molecule has 11 heteroatoms. The number of nitro benzene ring substituents is 1. The van der Waals surface area contributed by atoms with Crippen LogP contribution in [0.1, 0.15) is 25.7 Å². The van der Waals surface area contributed by atoms with E-state index in [2.05, 4.69) is 5.32 Å². The van der Waals surface area contributed by atoms with Gasteiger partial charge in [-0.1, -0.05) is 6.42 Å². The fourth-order valence-electron chi connectivity index (χ4n) is 2.82. The van der Waals surface area contributed by atoms with Gasteiger partial charge in [0.2, 0.25) is 15.9 Å². The van der Waals surface area contributed by atoms with E-state index in [0.717, 1.165) is 12.8 Å². The molecule has 1 amide bonds. The maximum absolute atomic E-state index is 12.9. The fourth-order valence-corrected chi connectivity index (χ4v) is 4.51. The van der Waals surface area contributed by atoms with Crippen molar-refractivity contribution in [1.29, 1.82) is 0 Å². The first-order chi connectivity index (χ1) is 11.9. The quantitative estimate of drug-likeness (QED) is 0.512. The lowest BCUT2D eigenvalue weighted by Crippen LogP contribution is -2.49. The first kappa shape index (κ1) is 22.3. The zero-order chi connectivity index (χ0) is 18.4. The number of nitrogens with one attached hydrogen (secondary N) is 1. The summed E-state index contributed by atoms with van der Waals surface area (Å²) >= 11 is 0. The van der Waals surface area contributed by atoms with Crippen LogP contribution in [-0.4, -0.2) is 49.2 Å². The van der Waals surface area contributed by atoms with Gasteiger partial charge in [-0.2, -0.15) is 4.31 Å². The molecule has 1 atom stereocenters. The lowest BCUT2D eigenvalue weighted by Gasteiger charge is -2.34. The molecule has 1 fully saturated rings. The highest BCUT2D eigenvalue weighted by atomic mass is 35.5. The molecule has 9 nitrogen and oxygen atoms in total. The molecule has 0 bridgehead atoms. The van der Waals surface area contributed by atoms with E-state index in [1.54, 1.807) is 0 Å². The van der Waals surface area contributed by atoms with E-state index in [1.807, 2.05) is 0 Å². The Balaban J connectivity index is 0.00000338. The third-order valence-electron chi connectivity index (χ3n) is 4.13. The molecule has 0 spiro atoms. The van der Waals surface area contributed by atoms with Gasteiger partial charge in [-0.3, -0.25) is 14.9 Å². The number of hydrogen-bond acceptors (Lipinski definition) is 6. The molecule has 1 aromatic rings. The van der Waals surface area contributed by atoms with Crippen LogP contribution in [0.4, 0.5) is 5.69 Å². The second kappa shape index (κ2) is 9.81. The molecule has 1 aliphatic heterocycles. The van der Waals surface area contributed by atoms with Gasteiger partial charge in [0.05, 0.1) is 9.82 Å². The minimum absolute atomic E-state index is 0. The van der Waals surface area contributed by atoms with E-state index in [4.69, 9.17) is 5.73 Å². The number of halogens is 1. The molecule has 3 N–H and O–H groups in total. The highest BCUT2D eigenvalue weighted by Crippen LogP contribution is 2.26. The fraction of sp³-hybridized carbons (Fsp3) is 0.533. The highest BCUT2D eigenvalue weighted by Gasteiger charge is 2.33. The number of hydrogen-bond donors (Lipinski definition) is 2. The SMILES string of the molecule is Cl.NCCC(=O)NCC1CCCCN1S(=O)(=O)c1ccc([N+](=O)[O-])cc1. The van der Waals surface area contributed by atoms with Crippen LogP contribution in [0, 0.1) is 10.1 Å². The van der Waals surface area contributed by atoms with Crippen molar-refractivity contribution >= 4 is 34.0 Å². The second-order valence-corrected chi connectivity index (χ2v) is 7.75. The number of nitrogens with two attached hydrogens (primary N) is 1. The largest absolute Gasteiger partial charge is 0.354 e. The van der Waals surface area contributed by atoms with Crippen LogP contribution < -0.4 is 11.1 Å². The zero-order valence-electron chi connectivity index (χ0n) is 14.2. The van der Waals surface area contributed by atoms with Crippen LogP contribution in [0.3, 0.4) is 0 Å². The summed E-state index contributed by atoms with van der Waals surface area (Å²) in [6, 6.07) is 4.50. The Kier molecular flexibility index (Phi) is 8.41. The predicted molar refractivity (Wildman–Crippen MR) is 98.6 cm³/mol. The summed E-state index contributed by atoms with van der Waals surface area (Å²) in [5.41, 5.74) is 5.17. The molecule has 1 aromatic carbocycles. The Labute approximate surface area is 158 Å². The third-order valence-corrected chi connectivity index (χ3v) is 6.10. The number of piperidine rings is 1. The number of carbonyl (C=O) groups is 1. The van der Waals surface area contributed by atoms with Crippen LogP contribution in [-0.2, 0) is 14.8 Å². The van der Waals surface area contributed by atoms with E-state index in [1.165, 1.54) is 28.6 Å². The van der Waals surface area contributed by atoms with Crippen LogP contribution in [0.2, 0.25) is 0 Å². The van der Waals surface area contributed by atoms with E-state index in [-0.39, 0.29) is 54.4 Å². The highest BCUT2D eigenvalue weighted by molar-refractivity contribution is 7.89. The number of sulfonamides is 1. The van der Waals surface area contributed by atoms with Crippen molar-refractivity contribution in [3.63, 3.8) is 0 Å². The number of non-ortho nitro benzene ring substituents is 1. The summed E-state index contributed by atoms with van der Waals surface area (Å²) in [6.45, 7) is 0.823. The first-order valence-corrected chi connectivity index (χ1v) is 9.53. The molecule has 0 saturated carbocycles. The minimum atomic E-state index is -3.78. The second-order valence-electron chi connectivity index (χ2n) is 5.86. The Morgan fingerprint density at radius 2 is 1.96 bits per heavy atom. The Morgan fingerprint density at radius 1 is 1.31 bits per heavy atom. The molecule has 1 saturated heterocycles. The normalized spacial score (nSPS) is 18.0. The number of nitro groups is 1. The van der Waals surface area contributed by atoms with E-state index in [9.17, 15) is 23.3 Å². The van der Waals surface area contributed by atoms with Gasteiger partial charge in [0, 0.05) is 44.2 Å². The van der Waals surface area contributed by atoms with Crippen molar-refractivity contribution in [3.05, 3.63) is 34.4 Å². The van der Waals surface area contributed by atoms with Crippen molar-refractivity contribution in [1.82, 2.24) is 9.62 Å². The van der Waals surface area contributed by atoms with Crippen LogP contribution in [0.25, 0.3) is 0 Å². The Bertz CT molecular complexity index is 726.